The average Bonchev–Trinajstić information content (AvgIpc) is 3.79. The molecule has 0 saturated carbocycles. The molecule has 0 unspecified atom stereocenters. The third kappa shape index (κ3) is 4.05. The van der Waals surface area contributed by atoms with E-state index in [0.29, 0.717) is 34.0 Å². The van der Waals surface area contributed by atoms with Crippen LogP contribution in [0, 0.1) is 0 Å². The van der Waals surface area contributed by atoms with Crippen molar-refractivity contribution in [2.45, 2.75) is 0 Å². The van der Waals surface area contributed by atoms with Gasteiger partial charge in [-0.3, -0.25) is 0 Å². The summed E-state index contributed by atoms with van der Waals surface area (Å²) in [6, 6.07) is 39.9. The first-order valence-electron chi connectivity index (χ1n) is 17.9. The first-order valence-corrected chi connectivity index (χ1v) is 15.4. The first-order chi connectivity index (χ1) is 25.4. The van der Waals surface area contributed by atoms with Gasteiger partial charge in [0.2, 0.25) is 5.89 Å². The van der Waals surface area contributed by atoms with E-state index in [4.69, 9.17) is 20.7 Å². The first kappa shape index (κ1) is 21.4. The summed E-state index contributed by atoms with van der Waals surface area (Å²) >= 11 is 0. The van der Waals surface area contributed by atoms with Crippen molar-refractivity contribution in [1.29, 1.82) is 0 Å². The normalized spacial score (nSPS) is 13.3. The Labute approximate surface area is 276 Å². The zero-order valence-electron chi connectivity index (χ0n) is 29.8. The molecule has 0 spiro atoms. The average molecular weight is 608 g/mol. The minimum atomic E-state index is -0.449. The van der Waals surface area contributed by atoms with E-state index in [-0.39, 0.29) is 17.8 Å². The monoisotopic (exact) mass is 607 g/mol. The highest BCUT2D eigenvalue weighted by atomic mass is 16.3. The number of anilines is 3. The van der Waals surface area contributed by atoms with Gasteiger partial charge in [0.15, 0.2) is 5.58 Å². The second kappa shape index (κ2) is 10.1. The third-order valence-electron chi connectivity index (χ3n) is 8.96. The lowest BCUT2D eigenvalue weighted by Crippen LogP contribution is -2.09. The molecule has 10 aromatic rings. The second-order valence-electron chi connectivity index (χ2n) is 11.6. The Hall–Kier alpha value is -6.39. The molecule has 0 amide bonds. The predicted octanol–water partition coefficient (Wildman–Crippen LogP) is 12.3. The van der Waals surface area contributed by atoms with Crippen molar-refractivity contribution in [3.63, 3.8) is 0 Å². The molecule has 0 fully saturated rings. The van der Waals surface area contributed by atoms with E-state index in [9.17, 15) is 0 Å². The maximum absolute atomic E-state index is 8.98. The largest absolute Gasteiger partial charge is 0.456 e. The molecule has 4 nitrogen and oxygen atoms in total. The van der Waals surface area contributed by atoms with Crippen molar-refractivity contribution in [2.24, 2.45) is 0 Å². The van der Waals surface area contributed by atoms with Gasteiger partial charge in [0, 0.05) is 39.5 Å². The maximum atomic E-state index is 8.98. The lowest BCUT2D eigenvalue weighted by molar-refractivity contribution is 0.620. The van der Waals surface area contributed by atoms with Gasteiger partial charge in [-0.15, -0.1) is 0 Å². The molecule has 8 aromatic carbocycles. The fourth-order valence-corrected chi connectivity index (χ4v) is 6.84. The van der Waals surface area contributed by atoms with E-state index >= 15 is 0 Å². The minimum absolute atomic E-state index is 0.0414. The van der Waals surface area contributed by atoms with Crippen LogP contribution in [0.3, 0.4) is 0 Å². The highest BCUT2D eigenvalue weighted by Crippen LogP contribution is 2.42. The van der Waals surface area contributed by atoms with Crippen molar-refractivity contribution < 1.29 is 15.7 Å². The molecule has 0 N–H and O–H groups in total. The van der Waals surface area contributed by atoms with Crippen molar-refractivity contribution in [1.82, 2.24) is 4.98 Å². The van der Waals surface area contributed by atoms with Crippen LogP contribution in [-0.4, -0.2) is 4.98 Å². The lowest BCUT2D eigenvalue weighted by atomic mass is 9.96. The Bertz CT molecular complexity index is 3050. The zero-order valence-corrected chi connectivity index (χ0v) is 24.8. The summed E-state index contributed by atoms with van der Waals surface area (Å²) in [5.74, 6) is 0.482. The molecule has 0 aliphatic carbocycles. The third-order valence-corrected chi connectivity index (χ3v) is 8.96. The number of fused-ring (bicyclic) bond motifs is 9. The number of para-hydroxylation sites is 3. The van der Waals surface area contributed by atoms with Crippen LogP contribution in [0.2, 0.25) is 0 Å². The number of benzene rings is 8. The highest BCUT2D eigenvalue weighted by molar-refractivity contribution is 6.18. The van der Waals surface area contributed by atoms with Crippen LogP contribution < -0.4 is 4.90 Å². The van der Waals surface area contributed by atoms with Gasteiger partial charge in [0.1, 0.15) is 16.7 Å². The number of rotatable bonds is 4. The molecule has 0 radical (unpaired) electrons. The SMILES string of the molecule is [2H]c1c([2H])c([2H])c(N(c2ccc3c(ccc4c5ccccc5ccc34)c2)c2ccc3c(c2)oc2cccc(-c4nc5ccccc5o4)c23)c([2H])c1[2H]. The van der Waals surface area contributed by atoms with Gasteiger partial charge in [0.05, 0.1) is 6.85 Å². The van der Waals surface area contributed by atoms with E-state index < -0.39 is 18.1 Å². The molecular weight excluding hydrogens is 576 g/mol. The van der Waals surface area contributed by atoms with E-state index in [2.05, 4.69) is 36.4 Å². The van der Waals surface area contributed by atoms with E-state index in [1.165, 1.54) is 10.8 Å². The summed E-state index contributed by atoms with van der Waals surface area (Å²) in [7, 11) is 0. The molecule has 0 bridgehead atoms. The van der Waals surface area contributed by atoms with E-state index in [1.807, 2.05) is 91.0 Å². The summed E-state index contributed by atoms with van der Waals surface area (Å²) < 4.78 is 55.9. The fourth-order valence-electron chi connectivity index (χ4n) is 6.84. The van der Waals surface area contributed by atoms with Crippen LogP contribution in [0.4, 0.5) is 17.1 Å². The molecule has 10 rings (SSSR count). The quantitative estimate of drug-likeness (QED) is 0.187. The second-order valence-corrected chi connectivity index (χ2v) is 11.6. The molecule has 2 aromatic heterocycles. The van der Waals surface area contributed by atoms with Crippen LogP contribution >= 0.6 is 0 Å². The van der Waals surface area contributed by atoms with Gasteiger partial charge < -0.3 is 13.7 Å². The fraction of sp³-hybridized carbons (Fsp3) is 0. The highest BCUT2D eigenvalue weighted by Gasteiger charge is 2.19. The standard InChI is InChI=1S/C43H26N2O2/c1-2-10-29(11-3-1)45(30-19-23-33-28(25-30)18-22-34-32-12-5-4-9-27(32)17-21-35(33)34)31-20-24-36-41(26-31)46-40-16-8-13-37(42(36)40)43-44-38-14-6-7-15-39(38)47-43/h1-26H/i1D,2D,3D,10D,11D. The molecule has 4 heteroatoms. The summed E-state index contributed by atoms with van der Waals surface area (Å²) in [5.41, 5.74) is 4.69. The Kier molecular flexibility index (Phi) is 4.57. The smallest absolute Gasteiger partial charge is 0.228 e. The maximum Gasteiger partial charge on any atom is 0.228 e. The summed E-state index contributed by atoms with van der Waals surface area (Å²) in [4.78, 5) is 6.46. The van der Waals surface area contributed by atoms with Crippen LogP contribution in [-0.2, 0) is 0 Å². The van der Waals surface area contributed by atoms with Gasteiger partial charge in [0.25, 0.3) is 0 Å². The number of oxazole rings is 1. The molecule has 0 atom stereocenters. The number of furan rings is 1. The Morgan fingerprint density at radius 2 is 1.19 bits per heavy atom. The predicted molar refractivity (Wildman–Crippen MR) is 194 cm³/mol. The number of hydrogen-bond donors (Lipinski definition) is 0. The van der Waals surface area contributed by atoms with Gasteiger partial charge in [-0.05, 0) is 92.9 Å². The van der Waals surface area contributed by atoms with Crippen LogP contribution in [0.1, 0.15) is 6.85 Å². The van der Waals surface area contributed by atoms with Crippen molar-refractivity contribution in [2.75, 3.05) is 4.90 Å². The summed E-state index contributed by atoms with van der Waals surface area (Å²) in [6.07, 6.45) is 0. The van der Waals surface area contributed by atoms with Gasteiger partial charge in [-0.2, -0.15) is 0 Å². The Morgan fingerprint density at radius 3 is 2.06 bits per heavy atom. The van der Waals surface area contributed by atoms with Gasteiger partial charge >= 0.3 is 0 Å². The molecular formula is C43H26N2O2. The van der Waals surface area contributed by atoms with Crippen molar-refractivity contribution in [3.05, 3.63) is 158 Å². The molecule has 47 heavy (non-hydrogen) atoms. The Balaban J connectivity index is 1.19. The Morgan fingerprint density at radius 1 is 0.489 bits per heavy atom. The van der Waals surface area contributed by atoms with Gasteiger partial charge in [-0.1, -0.05) is 90.9 Å². The number of nitrogens with zero attached hydrogens (tertiary/aromatic N) is 2. The summed E-state index contributed by atoms with van der Waals surface area (Å²) in [6.45, 7) is 0. The topological polar surface area (TPSA) is 42.4 Å². The van der Waals surface area contributed by atoms with Crippen molar-refractivity contribution in [3.8, 4) is 11.5 Å². The minimum Gasteiger partial charge on any atom is -0.456 e. The van der Waals surface area contributed by atoms with Crippen molar-refractivity contribution >= 4 is 82.4 Å². The molecule has 220 valence electrons. The van der Waals surface area contributed by atoms with Crippen LogP contribution in [0.15, 0.2) is 166 Å². The molecule has 0 aliphatic rings. The zero-order chi connectivity index (χ0) is 35.2. The van der Waals surface area contributed by atoms with Gasteiger partial charge in [-0.25, -0.2) is 4.98 Å². The van der Waals surface area contributed by atoms with E-state index in [0.717, 1.165) is 43.4 Å². The van der Waals surface area contributed by atoms with Crippen LogP contribution in [0.25, 0.3) is 76.8 Å². The molecule has 2 heterocycles. The van der Waals surface area contributed by atoms with Crippen LogP contribution in [0.5, 0.6) is 0 Å². The number of aromatic nitrogens is 1. The molecule has 0 saturated heterocycles. The lowest BCUT2D eigenvalue weighted by Gasteiger charge is -2.26. The molecule has 0 aliphatic heterocycles. The number of hydrogen-bond acceptors (Lipinski definition) is 4. The van der Waals surface area contributed by atoms with E-state index in [1.54, 1.807) is 4.90 Å². The summed E-state index contributed by atoms with van der Waals surface area (Å²) in [5, 5.41) is 8.26.